The Kier molecular flexibility index (Phi) is 4.81. The molecule has 1 atom stereocenters. The van der Waals surface area contributed by atoms with Crippen LogP contribution in [0.25, 0.3) is 5.65 Å². The van der Waals surface area contributed by atoms with Gasteiger partial charge in [-0.25, -0.2) is 23.4 Å². The first-order valence-corrected chi connectivity index (χ1v) is 10.1. The van der Waals surface area contributed by atoms with Gasteiger partial charge in [-0.05, 0) is 42.7 Å². The van der Waals surface area contributed by atoms with Crippen molar-refractivity contribution in [2.75, 3.05) is 0 Å². The summed E-state index contributed by atoms with van der Waals surface area (Å²) in [6, 6.07) is 11.2. The minimum absolute atomic E-state index is 0.0853. The molecule has 0 fully saturated rings. The smallest absolute Gasteiger partial charge is 0.346 e. The average molecular weight is 421 g/mol. The monoisotopic (exact) mass is 421 g/mol. The number of fused-ring (bicyclic) bond motifs is 2. The predicted molar refractivity (Wildman–Crippen MR) is 109 cm³/mol. The summed E-state index contributed by atoms with van der Waals surface area (Å²) >= 11 is 0. The van der Waals surface area contributed by atoms with E-state index in [4.69, 9.17) is 0 Å². The molecule has 31 heavy (non-hydrogen) atoms. The first-order valence-electron chi connectivity index (χ1n) is 10.1. The molecule has 1 N–H and O–H groups in total. The molecule has 0 saturated carbocycles. The zero-order valence-corrected chi connectivity index (χ0v) is 16.6. The highest BCUT2D eigenvalue weighted by Crippen LogP contribution is 2.14. The van der Waals surface area contributed by atoms with Gasteiger partial charge >= 0.3 is 5.69 Å². The third-order valence-corrected chi connectivity index (χ3v) is 5.53. The van der Waals surface area contributed by atoms with Gasteiger partial charge in [-0.2, -0.15) is 10.2 Å². The van der Waals surface area contributed by atoms with Crippen molar-refractivity contribution < 1.29 is 9.18 Å². The van der Waals surface area contributed by atoms with Crippen molar-refractivity contribution in [1.82, 2.24) is 34.3 Å². The van der Waals surface area contributed by atoms with Crippen LogP contribution >= 0.6 is 0 Å². The van der Waals surface area contributed by atoms with E-state index >= 15 is 0 Å². The molecule has 4 aromatic rings. The standard InChI is InChI=1S/C21H20FN7O2/c22-15-6-4-14(5-7-15)12-28-21(31)27-11-10-16(8-9-19(27)26-28)25-20(30)17-2-1-3-18-23-13-24-29(17)18/h1-7,13,16H,8-12H2,(H,25,30). The Morgan fingerprint density at radius 1 is 1.16 bits per heavy atom. The van der Waals surface area contributed by atoms with Gasteiger partial charge in [0, 0.05) is 19.0 Å². The average Bonchev–Trinajstić information content (AvgIpc) is 3.30. The number of aryl methyl sites for hydroxylation is 1. The third kappa shape index (κ3) is 3.72. The van der Waals surface area contributed by atoms with E-state index < -0.39 is 0 Å². The van der Waals surface area contributed by atoms with Gasteiger partial charge in [-0.1, -0.05) is 18.2 Å². The van der Waals surface area contributed by atoms with Gasteiger partial charge in [-0.15, -0.1) is 0 Å². The maximum Gasteiger partial charge on any atom is 0.346 e. The van der Waals surface area contributed by atoms with Crippen LogP contribution in [0.3, 0.4) is 0 Å². The van der Waals surface area contributed by atoms with E-state index in [9.17, 15) is 14.0 Å². The van der Waals surface area contributed by atoms with Gasteiger partial charge in [0.05, 0.1) is 6.54 Å². The van der Waals surface area contributed by atoms with E-state index in [0.717, 1.165) is 5.56 Å². The number of hydrogen-bond donors (Lipinski definition) is 1. The molecule has 0 radical (unpaired) electrons. The summed E-state index contributed by atoms with van der Waals surface area (Å²) in [5, 5.41) is 11.6. The Hall–Kier alpha value is -3.82. The normalized spacial score (nSPS) is 16.1. The van der Waals surface area contributed by atoms with Crippen LogP contribution in [-0.2, 0) is 19.5 Å². The van der Waals surface area contributed by atoms with Crippen LogP contribution in [0.15, 0.2) is 53.6 Å². The molecule has 0 saturated heterocycles. The summed E-state index contributed by atoms with van der Waals surface area (Å²) in [5.41, 5.74) is 1.64. The molecule has 4 heterocycles. The van der Waals surface area contributed by atoms with Crippen LogP contribution < -0.4 is 11.0 Å². The fraction of sp³-hybridized carbons (Fsp3) is 0.286. The molecule has 1 unspecified atom stereocenters. The highest BCUT2D eigenvalue weighted by Gasteiger charge is 2.23. The largest absolute Gasteiger partial charge is 0.348 e. The Bertz CT molecular complexity index is 1310. The fourth-order valence-electron chi connectivity index (χ4n) is 3.92. The lowest BCUT2D eigenvalue weighted by Crippen LogP contribution is -2.36. The lowest BCUT2D eigenvalue weighted by atomic mass is 10.1. The number of carbonyl (C=O) groups excluding carboxylic acids is 1. The van der Waals surface area contributed by atoms with Crippen molar-refractivity contribution in [2.24, 2.45) is 0 Å². The fourth-order valence-corrected chi connectivity index (χ4v) is 3.92. The number of amides is 1. The molecule has 0 bridgehead atoms. The topological polar surface area (TPSA) is 99.1 Å². The van der Waals surface area contributed by atoms with Crippen LogP contribution in [0.4, 0.5) is 4.39 Å². The van der Waals surface area contributed by atoms with E-state index in [0.29, 0.717) is 49.5 Å². The Morgan fingerprint density at radius 2 is 2.00 bits per heavy atom. The molecule has 1 aliphatic heterocycles. The van der Waals surface area contributed by atoms with Gasteiger partial charge in [0.1, 0.15) is 23.7 Å². The highest BCUT2D eigenvalue weighted by atomic mass is 19.1. The quantitative estimate of drug-likeness (QED) is 0.537. The highest BCUT2D eigenvalue weighted by molar-refractivity contribution is 5.93. The van der Waals surface area contributed by atoms with Crippen molar-refractivity contribution in [2.45, 2.75) is 38.4 Å². The first kappa shape index (κ1) is 19.2. The summed E-state index contributed by atoms with van der Waals surface area (Å²) in [6.45, 7) is 0.761. The van der Waals surface area contributed by atoms with Crippen molar-refractivity contribution in [3.63, 3.8) is 0 Å². The van der Waals surface area contributed by atoms with E-state index in [1.165, 1.54) is 27.7 Å². The van der Waals surface area contributed by atoms with Crippen LogP contribution in [0.5, 0.6) is 0 Å². The zero-order valence-electron chi connectivity index (χ0n) is 16.6. The van der Waals surface area contributed by atoms with Crippen LogP contribution in [-0.4, -0.2) is 40.9 Å². The molecular weight excluding hydrogens is 401 g/mol. The molecule has 1 aliphatic rings. The van der Waals surface area contributed by atoms with Crippen LogP contribution in [0, 0.1) is 5.82 Å². The van der Waals surface area contributed by atoms with Crippen molar-refractivity contribution in [3.8, 4) is 0 Å². The van der Waals surface area contributed by atoms with Gasteiger partial charge < -0.3 is 5.32 Å². The summed E-state index contributed by atoms with van der Waals surface area (Å²) < 4.78 is 17.7. The number of benzene rings is 1. The van der Waals surface area contributed by atoms with Crippen molar-refractivity contribution >= 4 is 11.6 Å². The maximum atomic E-state index is 13.1. The molecule has 1 amide bonds. The molecule has 158 valence electrons. The second-order valence-electron chi connectivity index (χ2n) is 7.57. The second-order valence-corrected chi connectivity index (χ2v) is 7.57. The Labute approximate surface area is 176 Å². The van der Waals surface area contributed by atoms with Crippen molar-refractivity contribution in [1.29, 1.82) is 0 Å². The summed E-state index contributed by atoms with van der Waals surface area (Å²) in [7, 11) is 0. The first-order chi connectivity index (χ1) is 15.1. The SMILES string of the molecule is O=C(NC1CCc2nn(Cc3ccc(F)cc3)c(=O)n2CC1)c1cccc2ncnn12. The summed E-state index contributed by atoms with van der Waals surface area (Å²) in [4.78, 5) is 29.7. The lowest BCUT2D eigenvalue weighted by molar-refractivity contribution is 0.0925. The Balaban J connectivity index is 1.28. The molecule has 0 aliphatic carbocycles. The van der Waals surface area contributed by atoms with E-state index in [1.807, 2.05) is 0 Å². The second kappa shape index (κ2) is 7.78. The van der Waals surface area contributed by atoms with E-state index in [1.54, 1.807) is 34.9 Å². The minimum atomic E-state index is -0.315. The van der Waals surface area contributed by atoms with Crippen LogP contribution in [0.1, 0.15) is 34.7 Å². The van der Waals surface area contributed by atoms with Gasteiger partial charge in [0.2, 0.25) is 0 Å². The van der Waals surface area contributed by atoms with Gasteiger partial charge in [-0.3, -0.25) is 9.36 Å². The molecule has 3 aromatic heterocycles. The van der Waals surface area contributed by atoms with Crippen molar-refractivity contribution in [3.05, 3.63) is 82.2 Å². The van der Waals surface area contributed by atoms with Gasteiger partial charge in [0.15, 0.2) is 5.65 Å². The number of rotatable bonds is 4. The number of halogens is 1. The number of hydrogen-bond acceptors (Lipinski definition) is 5. The number of pyridine rings is 1. The lowest BCUT2D eigenvalue weighted by Gasteiger charge is -2.16. The van der Waals surface area contributed by atoms with E-state index in [-0.39, 0.29) is 23.5 Å². The summed E-state index contributed by atoms with van der Waals surface area (Å²) in [5.74, 6) is 0.154. The third-order valence-electron chi connectivity index (χ3n) is 5.53. The molecule has 0 spiro atoms. The predicted octanol–water partition coefficient (Wildman–Crippen LogP) is 1.41. The Morgan fingerprint density at radius 3 is 2.84 bits per heavy atom. The molecule has 9 nitrogen and oxygen atoms in total. The van der Waals surface area contributed by atoms with E-state index in [2.05, 4.69) is 20.5 Å². The molecule has 10 heteroatoms. The number of nitrogens with one attached hydrogen (secondary N) is 1. The number of aromatic nitrogens is 6. The number of nitrogens with zero attached hydrogens (tertiary/aromatic N) is 6. The van der Waals surface area contributed by atoms with Crippen LogP contribution in [0.2, 0.25) is 0 Å². The molecule has 5 rings (SSSR count). The minimum Gasteiger partial charge on any atom is -0.348 e. The number of carbonyl (C=O) groups is 1. The van der Waals surface area contributed by atoms with Gasteiger partial charge in [0.25, 0.3) is 5.91 Å². The molecular formula is C21H20FN7O2. The zero-order chi connectivity index (χ0) is 21.4. The maximum absolute atomic E-state index is 13.1. The molecule has 1 aromatic carbocycles. The summed E-state index contributed by atoms with van der Waals surface area (Å²) in [6.07, 6.45) is 3.28.